The maximum Gasteiger partial charge on any atom is 0.258 e. The largest absolute Gasteiger partial charge is 0.484 e. The van der Waals surface area contributed by atoms with Crippen LogP contribution in [0.25, 0.3) is 0 Å². The van der Waals surface area contributed by atoms with Gasteiger partial charge in [-0.1, -0.05) is 30.3 Å². The molecule has 0 spiro atoms. The first kappa shape index (κ1) is 21.4. The molecule has 2 aliphatic rings. The minimum absolute atomic E-state index is 0.000597. The van der Waals surface area contributed by atoms with E-state index in [9.17, 15) is 9.59 Å². The summed E-state index contributed by atoms with van der Waals surface area (Å²) in [7, 11) is 0. The van der Waals surface area contributed by atoms with Gasteiger partial charge in [-0.3, -0.25) is 14.5 Å². The van der Waals surface area contributed by atoms with E-state index in [1.54, 1.807) is 4.90 Å². The first-order chi connectivity index (χ1) is 15.1. The number of piperidine rings is 1. The summed E-state index contributed by atoms with van der Waals surface area (Å²) in [5, 5.41) is 3.12. The number of hydrogen-bond acceptors (Lipinski definition) is 4. The smallest absolute Gasteiger partial charge is 0.258 e. The van der Waals surface area contributed by atoms with Crippen molar-refractivity contribution in [2.75, 3.05) is 24.6 Å². The normalized spacial score (nSPS) is 21.8. The van der Waals surface area contributed by atoms with Crippen molar-refractivity contribution >= 4 is 17.5 Å². The predicted octanol–water partition coefficient (Wildman–Crippen LogP) is 3.36. The molecule has 2 heterocycles. The third-order valence-electron chi connectivity index (χ3n) is 6.20. The van der Waals surface area contributed by atoms with E-state index in [4.69, 9.17) is 4.74 Å². The van der Waals surface area contributed by atoms with Gasteiger partial charge in [0.15, 0.2) is 6.61 Å². The molecule has 1 N–H and O–H groups in total. The molecule has 2 atom stereocenters. The van der Waals surface area contributed by atoms with Crippen LogP contribution < -0.4 is 15.0 Å². The van der Waals surface area contributed by atoms with Gasteiger partial charge in [-0.15, -0.1) is 0 Å². The molecule has 2 unspecified atom stereocenters. The number of carbonyl (C=O) groups excluding carboxylic acids is 2. The number of likely N-dealkylation sites (tertiary alicyclic amines) is 1. The van der Waals surface area contributed by atoms with E-state index in [0.717, 1.165) is 44.6 Å². The van der Waals surface area contributed by atoms with Gasteiger partial charge in [-0.25, -0.2) is 0 Å². The second-order valence-corrected chi connectivity index (χ2v) is 8.53. The first-order valence-electron chi connectivity index (χ1n) is 11.2. The molecule has 2 saturated heterocycles. The summed E-state index contributed by atoms with van der Waals surface area (Å²) >= 11 is 0. The van der Waals surface area contributed by atoms with E-state index in [1.165, 1.54) is 5.56 Å². The predicted molar refractivity (Wildman–Crippen MR) is 121 cm³/mol. The van der Waals surface area contributed by atoms with Crippen molar-refractivity contribution in [2.45, 2.75) is 51.2 Å². The van der Waals surface area contributed by atoms with Gasteiger partial charge in [0.05, 0.1) is 0 Å². The van der Waals surface area contributed by atoms with Crippen molar-refractivity contribution < 1.29 is 14.3 Å². The fourth-order valence-electron chi connectivity index (χ4n) is 4.47. The van der Waals surface area contributed by atoms with Crippen molar-refractivity contribution in [2.24, 2.45) is 0 Å². The van der Waals surface area contributed by atoms with Crippen molar-refractivity contribution in [1.82, 2.24) is 10.2 Å². The molecular weight excluding hydrogens is 390 g/mol. The highest BCUT2D eigenvalue weighted by molar-refractivity contribution is 5.95. The number of benzene rings is 2. The highest BCUT2D eigenvalue weighted by atomic mass is 16.5. The molecule has 2 aromatic carbocycles. The highest BCUT2D eigenvalue weighted by Gasteiger charge is 2.26. The Morgan fingerprint density at radius 1 is 1.10 bits per heavy atom. The van der Waals surface area contributed by atoms with Gasteiger partial charge in [-0.2, -0.15) is 0 Å². The Labute approximate surface area is 184 Å². The van der Waals surface area contributed by atoms with E-state index in [0.29, 0.717) is 18.2 Å². The second kappa shape index (κ2) is 9.96. The van der Waals surface area contributed by atoms with E-state index in [-0.39, 0.29) is 24.5 Å². The Morgan fingerprint density at radius 3 is 2.55 bits per heavy atom. The fourth-order valence-corrected chi connectivity index (χ4v) is 4.47. The molecule has 4 rings (SSSR count). The zero-order valence-electron chi connectivity index (χ0n) is 18.1. The van der Waals surface area contributed by atoms with E-state index in [1.807, 2.05) is 30.3 Å². The molecule has 6 heteroatoms. The number of carbonyl (C=O) groups is 2. The van der Waals surface area contributed by atoms with Gasteiger partial charge in [0, 0.05) is 43.8 Å². The molecule has 2 aromatic rings. The van der Waals surface area contributed by atoms with E-state index in [2.05, 4.69) is 41.4 Å². The summed E-state index contributed by atoms with van der Waals surface area (Å²) in [5.74, 6) is 0.709. The van der Waals surface area contributed by atoms with Crippen LogP contribution in [-0.4, -0.2) is 48.5 Å². The average Bonchev–Trinajstić information content (AvgIpc) is 3.21. The molecule has 0 aromatic heterocycles. The van der Waals surface area contributed by atoms with Crippen molar-refractivity contribution in [1.29, 1.82) is 0 Å². The maximum atomic E-state index is 12.4. The minimum atomic E-state index is -0.0903. The number of nitrogens with one attached hydrogen (secondary N) is 1. The third-order valence-corrected chi connectivity index (χ3v) is 6.20. The van der Waals surface area contributed by atoms with Crippen molar-refractivity contribution in [3.8, 4) is 5.75 Å². The molecule has 31 heavy (non-hydrogen) atoms. The number of hydrogen-bond donors (Lipinski definition) is 1. The number of rotatable bonds is 7. The number of amides is 2. The van der Waals surface area contributed by atoms with Gasteiger partial charge in [0.25, 0.3) is 5.91 Å². The number of anilines is 1. The van der Waals surface area contributed by atoms with Crippen molar-refractivity contribution in [3.05, 3.63) is 60.2 Å². The Morgan fingerprint density at radius 2 is 1.87 bits per heavy atom. The SMILES string of the molecule is CC1CC(NC(=O)COc2ccc(N3CCCC3=O)cc2)CCN1Cc1ccccc1. The zero-order valence-corrected chi connectivity index (χ0v) is 18.1. The van der Waals surface area contributed by atoms with Crippen LogP contribution in [0.1, 0.15) is 38.2 Å². The van der Waals surface area contributed by atoms with Crippen LogP contribution in [0.2, 0.25) is 0 Å². The average molecular weight is 422 g/mol. The minimum Gasteiger partial charge on any atom is -0.484 e. The van der Waals surface area contributed by atoms with Crippen LogP contribution in [0.15, 0.2) is 54.6 Å². The highest BCUT2D eigenvalue weighted by Crippen LogP contribution is 2.24. The van der Waals surface area contributed by atoms with Crippen LogP contribution in [-0.2, 0) is 16.1 Å². The zero-order chi connectivity index (χ0) is 21.6. The Balaban J connectivity index is 1.20. The lowest BCUT2D eigenvalue weighted by Gasteiger charge is -2.38. The van der Waals surface area contributed by atoms with Gasteiger partial charge in [0.2, 0.25) is 5.91 Å². The standard InChI is InChI=1S/C25H31N3O3/c1-19-16-21(13-15-27(19)17-20-6-3-2-4-7-20)26-24(29)18-31-23-11-9-22(10-12-23)28-14-5-8-25(28)30/h2-4,6-7,9-12,19,21H,5,8,13-18H2,1H3,(H,26,29). The lowest BCUT2D eigenvalue weighted by Crippen LogP contribution is -2.49. The summed E-state index contributed by atoms with van der Waals surface area (Å²) in [5.41, 5.74) is 2.21. The van der Waals surface area contributed by atoms with Crippen LogP contribution in [0, 0.1) is 0 Å². The maximum absolute atomic E-state index is 12.4. The molecule has 2 fully saturated rings. The Kier molecular flexibility index (Phi) is 6.87. The molecule has 0 radical (unpaired) electrons. The molecule has 6 nitrogen and oxygen atoms in total. The molecular formula is C25H31N3O3. The third kappa shape index (κ3) is 5.64. The van der Waals surface area contributed by atoms with E-state index < -0.39 is 0 Å². The molecule has 2 aliphatic heterocycles. The number of nitrogens with zero attached hydrogens (tertiary/aromatic N) is 2. The van der Waals surface area contributed by atoms with Crippen LogP contribution in [0.4, 0.5) is 5.69 Å². The molecule has 0 aliphatic carbocycles. The topological polar surface area (TPSA) is 61.9 Å². The summed E-state index contributed by atoms with van der Waals surface area (Å²) in [6.45, 7) is 4.92. The van der Waals surface area contributed by atoms with Gasteiger partial charge in [-0.05, 0) is 56.0 Å². The van der Waals surface area contributed by atoms with Crippen LogP contribution >= 0.6 is 0 Å². The lowest BCUT2D eigenvalue weighted by molar-refractivity contribution is -0.124. The Hall–Kier alpha value is -2.86. The summed E-state index contributed by atoms with van der Waals surface area (Å²) in [6, 6.07) is 18.5. The van der Waals surface area contributed by atoms with Crippen molar-refractivity contribution in [3.63, 3.8) is 0 Å². The van der Waals surface area contributed by atoms with Gasteiger partial charge < -0.3 is 15.0 Å². The second-order valence-electron chi connectivity index (χ2n) is 8.53. The van der Waals surface area contributed by atoms with E-state index >= 15 is 0 Å². The van der Waals surface area contributed by atoms with Gasteiger partial charge >= 0.3 is 0 Å². The Bertz CT molecular complexity index is 885. The lowest BCUT2D eigenvalue weighted by atomic mass is 9.97. The van der Waals surface area contributed by atoms with Crippen LogP contribution in [0.3, 0.4) is 0 Å². The molecule has 164 valence electrons. The summed E-state index contributed by atoms with van der Waals surface area (Å²) < 4.78 is 5.65. The molecule has 0 saturated carbocycles. The monoisotopic (exact) mass is 421 g/mol. The number of ether oxygens (including phenoxy) is 1. The van der Waals surface area contributed by atoms with Gasteiger partial charge in [0.1, 0.15) is 5.75 Å². The first-order valence-corrected chi connectivity index (χ1v) is 11.2. The molecule has 0 bridgehead atoms. The summed E-state index contributed by atoms with van der Waals surface area (Å²) in [6.07, 6.45) is 3.40. The molecule has 2 amide bonds. The fraction of sp³-hybridized carbons (Fsp3) is 0.440. The van der Waals surface area contributed by atoms with Crippen LogP contribution in [0.5, 0.6) is 5.75 Å². The quantitative estimate of drug-likeness (QED) is 0.745. The summed E-state index contributed by atoms with van der Waals surface area (Å²) in [4.78, 5) is 28.5.